The van der Waals surface area contributed by atoms with Crippen molar-refractivity contribution < 1.29 is 0 Å². The van der Waals surface area contributed by atoms with Crippen LogP contribution in [0.1, 0.15) is 18.1 Å². The van der Waals surface area contributed by atoms with Crippen LogP contribution in [-0.4, -0.2) is 10.7 Å². The lowest BCUT2D eigenvalue weighted by Gasteiger charge is -2.01. The topological polar surface area (TPSA) is 61.1 Å². The second-order valence-electron chi connectivity index (χ2n) is 4.48. The summed E-state index contributed by atoms with van der Waals surface area (Å²) < 4.78 is 1.13. The van der Waals surface area contributed by atoms with Crippen LogP contribution in [0.2, 0.25) is 0 Å². The van der Waals surface area contributed by atoms with Crippen LogP contribution in [0.3, 0.4) is 0 Å². The Morgan fingerprint density at radius 2 is 1.95 bits per heavy atom. The molecule has 0 aliphatic carbocycles. The molecule has 102 valence electrons. The quantitative estimate of drug-likeness (QED) is 0.586. The molecule has 0 aliphatic rings. The van der Waals surface area contributed by atoms with E-state index in [1.165, 1.54) is 0 Å². The van der Waals surface area contributed by atoms with Gasteiger partial charge in [0.25, 0.3) is 0 Å². The van der Waals surface area contributed by atoms with Crippen LogP contribution in [-0.2, 0) is 0 Å². The Balaban J connectivity index is 1.79. The monoisotopic (exact) mass is 292 g/mol. The number of hydrogen-bond donors (Lipinski definition) is 1. The van der Waals surface area contributed by atoms with Crippen LogP contribution in [0.5, 0.6) is 0 Å². The van der Waals surface area contributed by atoms with E-state index in [9.17, 15) is 0 Å². The molecule has 3 rings (SSSR count). The molecular formula is C16H12N4S. The SMILES string of the molecule is C/C(=N/Nc1nc2ccccc2s1)c1ccc(C#N)cc1. The summed E-state index contributed by atoms with van der Waals surface area (Å²) in [6, 6.07) is 17.4. The van der Waals surface area contributed by atoms with Crippen molar-refractivity contribution in [2.75, 3.05) is 5.43 Å². The highest BCUT2D eigenvalue weighted by molar-refractivity contribution is 7.22. The third kappa shape index (κ3) is 2.91. The van der Waals surface area contributed by atoms with Crippen molar-refractivity contribution >= 4 is 32.4 Å². The molecule has 3 aromatic rings. The van der Waals surface area contributed by atoms with E-state index in [0.717, 1.165) is 26.6 Å². The fourth-order valence-electron chi connectivity index (χ4n) is 1.90. The summed E-state index contributed by atoms with van der Waals surface area (Å²) in [5.41, 5.74) is 6.42. The van der Waals surface area contributed by atoms with Crippen molar-refractivity contribution in [2.45, 2.75) is 6.92 Å². The highest BCUT2D eigenvalue weighted by Gasteiger charge is 2.02. The normalized spacial score (nSPS) is 11.3. The van der Waals surface area contributed by atoms with Gasteiger partial charge < -0.3 is 0 Å². The van der Waals surface area contributed by atoms with E-state index in [1.807, 2.05) is 43.3 Å². The van der Waals surface area contributed by atoms with Crippen LogP contribution in [0.15, 0.2) is 53.6 Å². The first-order valence-corrected chi connectivity index (χ1v) is 7.24. The number of para-hydroxylation sites is 1. The van der Waals surface area contributed by atoms with Gasteiger partial charge in [0.05, 0.1) is 27.6 Å². The molecule has 0 radical (unpaired) electrons. The number of nitriles is 1. The lowest BCUT2D eigenvalue weighted by molar-refractivity contribution is 1.29. The first-order valence-electron chi connectivity index (χ1n) is 6.42. The molecule has 1 N–H and O–H groups in total. The first kappa shape index (κ1) is 13.3. The Kier molecular flexibility index (Phi) is 3.63. The maximum atomic E-state index is 8.79. The van der Waals surface area contributed by atoms with Crippen molar-refractivity contribution in [3.63, 3.8) is 0 Å². The Hall–Kier alpha value is -2.71. The van der Waals surface area contributed by atoms with Gasteiger partial charge in [0.1, 0.15) is 0 Å². The highest BCUT2D eigenvalue weighted by atomic mass is 32.1. The Morgan fingerprint density at radius 1 is 1.19 bits per heavy atom. The van der Waals surface area contributed by atoms with Crippen molar-refractivity contribution in [3.8, 4) is 6.07 Å². The smallest absolute Gasteiger partial charge is 0.204 e. The van der Waals surface area contributed by atoms with Crippen molar-refractivity contribution in [1.82, 2.24) is 4.98 Å². The molecule has 0 unspecified atom stereocenters. The van der Waals surface area contributed by atoms with Crippen molar-refractivity contribution in [1.29, 1.82) is 5.26 Å². The zero-order chi connectivity index (χ0) is 14.7. The number of hydrazone groups is 1. The van der Waals surface area contributed by atoms with Gasteiger partial charge in [-0.25, -0.2) is 4.98 Å². The van der Waals surface area contributed by atoms with Gasteiger partial charge in [0.2, 0.25) is 5.13 Å². The van der Waals surface area contributed by atoms with Gasteiger partial charge in [-0.2, -0.15) is 10.4 Å². The van der Waals surface area contributed by atoms with Crippen LogP contribution in [0.25, 0.3) is 10.2 Å². The lowest BCUT2D eigenvalue weighted by atomic mass is 10.1. The molecular weight excluding hydrogens is 280 g/mol. The standard InChI is InChI=1S/C16H12N4S/c1-11(13-8-6-12(10-17)7-9-13)19-20-16-18-14-4-2-3-5-15(14)21-16/h2-9H,1H3,(H,18,20)/b19-11-. The maximum absolute atomic E-state index is 8.79. The number of benzene rings is 2. The highest BCUT2D eigenvalue weighted by Crippen LogP contribution is 2.25. The summed E-state index contributed by atoms with van der Waals surface area (Å²) in [5, 5.41) is 13.9. The Labute approximate surface area is 126 Å². The number of fused-ring (bicyclic) bond motifs is 1. The molecule has 0 saturated heterocycles. The molecule has 5 heteroatoms. The summed E-state index contributed by atoms with van der Waals surface area (Å²) in [5.74, 6) is 0. The molecule has 4 nitrogen and oxygen atoms in total. The van der Waals surface area contributed by atoms with E-state index in [4.69, 9.17) is 5.26 Å². The molecule has 21 heavy (non-hydrogen) atoms. The van der Waals surface area contributed by atoms with E-state index in [1.54, 1.807) is 23.5 Å². The summed E-state index contributed by atoms with van der Waals surface area (Å²) in [7, 11) is 0. The van der Waals surface area contributed by atoms with E-state index >= 15 is 0 Å². The zero-order valence-electron chi connectivity index (χ0n) is 11.4. The molecule has 0 aliphatic heterocycles. The van der Waals surface area contributed by atoms with E-state index in [0.29, 0.717) is 5.56 Å². The third-order valence-electron chi connectivity index (χ3n) is 3.04. The number of anilines is 1. The van der Waals surface area contributed by atoms with Gasteiger partial charge in [0.15, 0.2) is 0 Å². The Morgan fingerprint density at radius 3 is 2.67 bits per heavy atom. The van der Waals surface area contributed by atoms with Crippen LogP contribution >= 0.6 is 11.3 Å². The molecule has 0 bridgehead atoms. The number of nitrogens with zero attached hydrogens (tertiary/aromatic N) is 3. The summed E-state index contributed by atoms with van der Waals surface area (Å²) in [4.78, 5) is 4.46. The van der Waals surface area contributed by atoms with Crippen LogP contribution in [0, 0.1) is 11.3 Å². The average molecular weight is 292 g/mol. The largest absolute Gasteiger partial charge is 0.252 e. The minimum absolute atomic E-state index is 0.644. The molecule has 0 fully saturated rings. The van der Waals surface area contributed by atoms with Crippen LogP contribution < -0.4 is 5.43 Å². The predicted octanol–water partition coefficient (Wildman–Crippen LogP) is 4.00. The number of thiazole rings is 1. The molecule has 1 heterocycles. The van der Waals surface area contributed by atoms with Gasteiger partial charge in [-0.05, 0) is 36.8 Å². The lowest BCUT2D eigenvalue weighted by Crippen LogP contribution is -1.99. The summed E-state index contributed by atoms with van der Waals surface area (Å²) >= 11 is 1.57. The minimum atomic E-state index is 0.644. The van der Waals surface area contributed by atoms with Gasteiger partial charge in [-0.1, -0.05) is 35.6 Å². The second-order valence-corrected chi connectivity index (χ2v) is 5.52. The number of aromatic nitrogens is 1. The Bertz CT molecular complexity index is 808. The van der Waals surface area contributed by atoms with Gasteiger partial charge >= 0.3 is 0 Å². The van der Waals surface area contributed by atoms with Crippen LogP contribution in [0.4, 0.5) is 5.13 Å². The van der Waals surface area contributed by atoms with Gasteiger partial charge in [-0.15, -0.1) is 0 Å². The molecule has 0 spiro atoms. The fraction of sp³-hybridized carbons (Fsp3) is 0.0625. The molecule has 2 aromatic carbocycles. The van der Waals surface area contributed by atoms with E-state index < -0.39 is 0 Å². The predicted molar refractivity (Wildman–Crippen MR) is 86.6 cm³/mol. The van der Waals surface area contributed by atoms with E-state index in [2.05, 4.69) is 21.6 Å². The second kappa shape index (κ2) is 5.73. The fourth-order valence-corrected chi connectivity index (χ4v) is 2.71. The maximum Gasteiger partial charge on any atom is 0.204 e. The third-order valence-corrected chi connectivity index (χ3v) is 3.99. The molecule has 0 atom stereocenters. The number of nitrogens with one attached hydrogen (secondary N) is 1. The average Bonchev–Trinajstić information content (AvgIpc) is 2.95. The van der Waals surface area contributed by atoms with E-state index in [-0.39, 0.29) is 0 Å². The zero-order valence-corrected chi connectivity index (χ0v) is 12.2. The van der Waals surface area contributed by atoms with Crippen molar-refractivity contribution in [2.24, 2.45) is 5.10 Å². The first-order chi connectivity index (χ1) is 10.3. The van der Waals surface area contributed by atoms with Gasteiger partial charge in [0, 0.05) is 0 Å². The van der Waals surface area contributed by atoms with Crippen molar-refractivity contribution in [3.05, 3.63) is 59.7 Å². The summed E-state index contributed by atoms with van der Waals surface area (Å²) in [6.45, 7) is 1.92. The summed E-state index contributed by atoms with van der Waals surface area (Å²) in [6.07, 6.45) is 0. The minimum Gasteiger partial charge on any atom is -0.252 e. The number of hydrogen-bond acceptors (Lipinski definition) is 5. The molecule has 1 aromatic heterocycles. The van der Waals surface area contributed by atoms with Gasteiger partial charge in [-0.3, -0.25) is 5.43 Å². The molecule has 0 amide bonds. The number of rotatable bonds is 3. The molecule has 0 saturated carbocycles.